The first-order chi connectivity index (χ1) is 12.3. The summed E-state index contributed by atoms with van der Waals surface area (Å²) < 4.78 is 5.24. The molecule has 3 heterocycles. The standard InChI is InChI=1S/C18H23N5O2/c24-15(6-3-7-16-21-17(22-25-16)13-8-9-13)20-14-5-4-10-19-18(14)23-11-1-2-12-23/h4-5,10,13H,1-3,6-9,11-12H2,(H,20,24). The summed E-state index contributed by atoms with van der Waals surface area (Å²) in [6.45, 7) is 2.00. The largest absolute Gasteiger partial charge is 0.355 e. The Bertz CT molecular complexity index is 735. The minimum atomic E-state index is -0.00428. The lowest BCUT2D eigenvalue weighted by Crippen LogP contribution is -2.22. The number of anilines is 2. The summed E-state index contributed by atoms with van der Waals surface area (Å²) in [6, 6.07) is 3.77. The smallest absolute Gasteiger partial charge is 0.226 e. The fraction of sp³-hybridized carbons (Fsp3) is 0.556. The van der Waals surface area contributed by atoms with Gasteiger partial charge in [-0.25, -0.2) is 4.98 Å². The van der Waals surface area contributed by atoms with Gasteiger partial charge >= 0.3 is 0 Å². The van der Waals surface area contributed by atoms with E-state index in [4.69, 9.17) is 4.52 Å². The van der Waals surface area contributed by atoms with Crippen LogP contribution in [-0.4, -0.2) is 34.1 Å². The minimum Gasteiger partial charge on any atom is -0.355 e. The van der Waals surface area contributed by atoms with Crippen molar-refractivity contribution < 1.29 is 9.32 Å². The number of nitrogens with one attached hydrogen (secondary N) is 1. The maximum atomic E-state index is 12.3. The number of aromatic nitrogens is 3. The van der Waals surface area contributed by atoms with E-state index in [-0.39, 0.29) is 5.91 Å². The molecule has 132 valence electrons. The zero-order valence-electron chi connectivity index (χ0n) is 14.3. The maximum absolute atomic E-state index is 12.3. The Balaban J connectivity index is 1.28. The highest BCUT2D eigenvalue weighted by Gasteiger charge is 2.28. The molecule has 1 saturated carbocycles. The molecule has 0 unspecified atom stereocenters. The predicted molar refractivity (Wildman–Crippen MR) is 93.5 cm³/mol. The van der Waals surface area contributed by atoms with E-state index in [2.05, 4.69) is 25.3 Å². The molecule has 1 aliphatic heterocycles. The first kappa shape index (κ1) is 16.1. The van der Waals surface area contributed by atoms with Gasteiger partial charge in [-0.2, -0.15) is 4.98 Å². The van der Waals surface area contributed by atoms with Crippen LogP contribution in [0.15, 0.2) is 22.9 Å². The van der Waals surface area contributed by atoms with Gasteiger partial charge in [-0.3, -0.25) is 4.79 Å². The van der Waals surface area contributed by atoms with Gasteiger partial charge in [-0.15, -0.1) is 0 Å². The van der Waals surface area contributed by atoms with Crippen molar-refractivity contribution in [1.29, 1.82) is 0 Å². The topological polar surface area (TPSA) is 84.1 Å². The van der Waals surface area contributed by atoms with Crippen LogP contribution in [0.5, 0.6) is 0 Å². The molecule has 7 nitrogen and oxygen atoms in total. The van der Waals surface area contributed by atoms with Crippen LogP contribution in [0, 0.1) is 0 Å². The molecule has 25 heavy (non-hydrogen) atoms. The number of carbonyl (C=O) groups excluding carboxylic acids is 1. The zero-order valence-corrected chi connectivity index (χ0v) is 14.3. The fourth-order valence-corrected chi connectivity index (χ4v) is 3.17. The Hall–Kier alpha value is -2.44. The van der Waals surface area contributed by atoms with Crippen molar-refractivity contribution in [2.45, 2.75) is 50.9 Å². The second kappa shape index (κ2) is 7.21. The molecule has 0 atom stereocenters. The summed E-state index contributed by atoms with van der Waals surface area (Å²) in [5, 5.41) is 7.00. The number of hydrogen-bond donors (Lipinski definition) is 1. The lowest BCUT2D eigenvalue weighted by Gasteiger charge is -2.19. The van der Waals surface area contributed by atoms with Gasteiger partial charge in [-0.1, -0.05) is 5.16 Å². The third kappa shape index (κ3) is 3.97. The van der Waals surface area contributed by atoms with Crippen molar-refractivity contribution in [3.63, 3.8) is 0 Å². The van der Waals surface area contributed by atoms with Gasteiger partial charge in [0.25, 0.3) is 0 Å². The second-order valence-electron chi connectivity index (χ2n) is 6.79. The van der Waals surface area contributed by atoms with Crippen molar-refractivity contribution in [3.8, 4) is 0 Å². The number of pyridine rings is 1. The number of aryl methyl sites for hydroxylation is 1. The van der Waals surface area contributed by atoms with Crippen LogP contribution in [0.2, 0.25) is 0 Å². The lowest BCUT2D eigenvalue weighted by atomic mass is 10.2. The van der Waals surface area contributed by atoms with Crippen LogP contribution < -0.4 is 10.2 Å². The molecule has 0 aromatic carbocycles. The van der Waals surface area contributed by atoms with Crippen LogP contribution in [0.3, 0.4) is 0 Å². The van der Waals surface area contributed by atoms with E-state index >= 15 is 0 Å². The SMILES string of the molecule is O=C(CCCc1nc(C2CC2)no1)Nc1cccnc1N1CCCC1. The molecular weight excluding hydrogens is 318 g/mol. The van der Waals surface area contributed by atoms with Crippen LogP contribution in [0.4, 0.5) is 11.5 Å². The van der Waals surface area contributed by atoms with Crippen LogP contribution >= 0.6 is 0 Å². The summed E-state index contributed by atoms with van der Waals surface area (Å²) in [4.78, 5) is 23.3. The van der Waals surface area contributed by atoms with E-state index in [1.807, 2.05) is 12.1 Å². The van der Waals surface area contributed by atoms with Crippen LogP contribution in [-0.2, 0) is 11.2 Å². The van der Waals surface area contributed by atoms with Crippen molar-refractivity contribution in [3.05, 3.63) is 30.0 Å². The average Bonchev–Trinajstić information content (AvgIpc) is 3.13. The Morgan fingerprint density at radius 2 is 2.16 bits per heavy atom. The first-order valence-corrected chi connectivity index (χ1v) is 9.12. The van der Waals surface area contributed by atoms with Crippen LogP contribution in [0.25, 0.3) is 0 Å². The Labute approximate surface area is 146 Å². The van der Waals surface area contributed by atoms with Crippen molar-refractivity contribution in [1.82, 2.24) is 15.1 Å². The molecule has 0 spiro atoms. The highest BCUT2D eigenvalue weighted by molar-refractivity contribution is 5.93. The van der Waals surface area contributed by atoms with E-state index in [1.54, 1.807) is 6.20 Å². The van der Waals surface area contributed by atoms with Crippen LogP contribution in [0.1, 0.15) is 56.2 Å². The molecule has 0 bridgehead atoms. The van der Waals surface area contributed by atoms with Crippen molar-refractivity contribution >= 4 is 17.4 Å². The average molecular weight is 341 g/mol. The summed E-state index contributed by atoms with van der Waals surface area (Å²) >= 11 is 0. The maximum Gasteiger partial charge on any atom is 0.226 e. The van der Waals surface area contributed by atoms with E-state index in [9.17, 15) is 4.79 Å². The highest BCUT2D eigenvalue weighted by atomic mass is 16.5. The molecule has 4 rings (SSSR count). The van der Waals surface area contributed by atoms with Gasteiger partial charge < -0.3 is 14.7 Å². The monoisotopic (exact) mass is 341 g/mol. The molecular formula is C18H23N5O2. The second-order valence-corrected chi connectivity index (χ2v) is 6.79. The Morgan fingerprint density at radius 1 is 1.32 bits per heavy atom. The molecule has 1 amide bonds. The number of nitrogens with zero attached hydrogens (tertiary/aromatic N) is 4. The molecule has 2 fully saturated rings. The molecule has 2 aromatic heterocycles. The van der Waals surface area contributed by atoms with Gasteiger partial charge in [0, 0.05) is 38.0 Å². The van der Waals surface area contributed by atoms with Crippen molar-refractivity contribution in [2.24, 2.45) is 0 Å². The number of amides is 1. The summed E-state index contributed by atoms with van der Waals surface area (Å²) in [5.41, 5.74) is 0.795. The predicted octanol–water partition coefficient (Wildman–Crippen LogP) is 2.90. The van der Waals surface area contributed by atoms with E-state index in [0.29, 0.717) is 31.1 Å². The van der Waals surface area contributed by atoms with Gasteiger partial charge in [0.05, 0.1) is 5.69 Å². The molecule has 1 saturated heterocycles. The molecule has 0 radical (unpaired) electrons. The summed E-state index contributed by atoms with van der Waals surface area (Å²) in [6.07, 6.45) is 8.20. The fourth-order valence-electron chi connectivity index (χ4n) is 3.17. The first-order valence-electron chi connectivity index (χ1n) is 9.12. The number of hydrogen-bond acceptors (Lipinski definition) is 6. The molecule has 2 aromatic rings. The molecule has 7 heteroatoms. The van der Waals surface area contributed by atoms with E-state index in [1.165, 1.54) is 12.8 Å². The third-order valence-electron chi connectivity index (χ3n) is 4.69. The van der Waals surface area contributed by atoms with Gasteiger partial charge in [-0.05, 0) is 44.2 Å². The number of carbonyl (C=O) groups is 1. The molecule has 2 aliphatic rings. The van der Waals surface area contributed by atoms with Gasteiger partial charge in [0.15, 0.2) is 11.6 Å². The van der Waals surface area contributed by atoms with Gasteiger partial charge in [0.2, 0.25) is 11.8 Å². The van der Waals surface area contributed by atoms with E-state index in [0.717, 1.165) is 43.3 Å². The van der Waals surface area contributed by atoms with Crippen molar-refractivity contribution in [2.75, 3.05) is 23.3 Å². The zero-order chi connectivity index (χ0) is 17.1. The lowest BCUT2D eigenvalue weighted by molar-refractivity contribution is -0.116. The van der Waals surface area contributed by atoms with E-state index < -0.39 is 0 Å². The highest BCUT2D eigenvalue weighted by Crippen LogP contribution is 2.38. The molecule has 1 N–H and O–H groups in total. The Kier molecular flexibility index (Phi) is 4.63. The number of rotatable bonds is 7. The summed E-state index contributed by atoms with van der Waals surface area (Å²) in [7, 11) is 0. The Morgan fingerprint density at radius 3 is 2.96 bits per heavy atom. The normalized spacial score (nSPS) is 17.0. The quantitative estimate of drug-likeness (QED) is 0.833. The molecule has 1 aliphatic carbocycles. The van der Waals surface area contributed by atoms with Gasteiger partial charge in [0.1, 0.15) is 0 Å². The minimum absolute atomic E-state index is 0.00428. The summed E-state index contributed by atoms with van der Waals surface area (Å²) in [5.74, 6) is 2.82. The third-order valence-corrected chi connectivity index (χ3v) is 4.69.